The predicted octanol–water partition coefficient (Wildman–Crippen LogP) is 5.16. The molecule has 1 heterocycles. The topological polar surface area (TPSA) is 51.1 Å². The van der Waals surface area contributed by atoms with Crippen LogP contribution in [0.1, 0.15) is 22.3 Å². The van der Waals surface area contributed by atoms with E-state index >= 15 is 0 Å². The van der Waals surface area contributed by atoms with Crippen molar-refractivity contribution in [1.29, 1.82) is 0 Å². The zero-order valence-electron chi connectivity index (χ0n) is 18.0. The molecule has 31 heavy (non-hydrogen) atoms. The van der Waals surface area contributed by atoms with Crippen LogP contribution in [0.2, 0.25) is 0 Å². The van der Waals surface area contributed by atoms with Crippen LogP contribution in [0, 0.1) is 13.8 Å². The Morgan fingerprint density at radius 1 is 0.871 bits per heavy atom. The maximum absolute atomic E-state index is 13.5. The SMILES string of the molecule is COc1cccc(C2=N/C(=C\c3ccccc3OC)C(=O)N2c2cc(C)cc(C)c2)c1. The lowest BCUT2D eigenvalue weighted by Crippen LogP contribution is -2.32. The molecule has 1 amide bonds. The van der Waals surface area contributed by atoms with Gasteiger partial charge >= 0.3 is 0 Å². The Kier molecular flexibility index (Phi) is 5.58. The number of amidine groups is 1. The Morgan fingerprint density at radius 2 is 1.61 bits per heavy atom. The molecule has 1 aliphatic heterocycles. The Balaban J connectivity index is 1.88. The van der Waals surface area contributed by atoms with Crippen LogP contribution in [0.4, 0.5) is 5.69 Å². The summed E-state index contributed by atoms with van der Waals surface area (Å²) in [7, 11) is 3.23. The minimum absolute atomic E-state index is 0.186. The Hall–Kier alpha value is -3.86. The van der Waals surface area contributed by atoms with Crippen LogP contribution in [-0.4, -0.2) is 26.0 Å². The second-order valence-electron chi connectivity index (χ2n) is 7.43. The minimum atomic E-state index is -0.186. The van der Waals surface area contributed by atoms with Crippen LogP contribution < -0.4 is 14.4 Å². The molecule has 0 bridgehead atoms. The van der Waals surface area contributed by atoms with E-state index in [2.05, 4.69) is 6.07 Å². The van der Waals surface area contributed by atoms with Gasteiger partial charge in [0.1, 0.15) is 23.0 Å². The summed E-state index contributed by atoms with van der Waals surface area (Å²) < 4.78 is 10.8. The van der Waals surface area contributed by atoms with E-state index in [1.54, 1.807) is 25.2 Å². The molecule has 3 aromatic rings. The molecule has 5 heteroatoms. The number of carbonyl (C=O) groups excluding carboxylic acids is 1. The molecule has 1 aliphatic rings. The summed E-state index contributed by atoms with van der Waals surface area (Å²) in [6, 6.07) is 21.2. The molecule has 4 rings (SSSR count). The van der Waals surface area contributed by atoms with Crippen molar-refractivity contribution in [2.75, 3.05) is 19.1 Å². The van der Waals surface area contributed by atoms with E-state index in [9.17, 15) is 4.79 Å². The van der Waals surface area contributed by atoms with Crippen molar-refractivity contribution in [3.05, 3.63) is 94.7 Å². The molecule has 0 aromatic heterocycles. The van der Waals surface area contributed by atoms with E-state index in [-0.39, 0.29) is 5.91 Å². The Morgan fingerprint density at radius 3 is 2.32 bits per heavy atom. The van der Waals surface area contributed by atoms with E-state index in [1.165, 1.54) is 0 Å². The van der Waals surface area contributed by atoms with Crippen molar-refractivity contribution >= 4 is 23.5 Å². The summed E-state index contributed by atoms with van der Waals surface area (Å²) in [5, 5.41) is 0. The number of hydrogen-bond donors (Lipinski definition) is 0. The van der Waals surface area contributed by atoms with E-state index in [1.807, 2.05) is 74.5 Å². The van der Waals surface area contributed by atoms with Gasteiger partial charge < -0.3 is 9.47 Å². The molecule has 0 unspecified atom stereocenters. The van der Waals surface area contributed by atoms with Gasteiger partial charge in [-0.15, -0.1) is 0 Å². The van der Waals surface area contributed by atoms with E-state index < -0.39 is 0 Å². The fraction of sp³-hybridized carbons (Fsp3) is 0.154. The highest BCUT2D eigenvalue weighted by Crippen LogP contribution is 2.31. The number of anilines is 1. The van der Waals surface area contributed by atoms with Crippen molar-refractivity contribution < 1.29 is 14.3 Å². The number of rotatable bonds is 5. The molecule has 0 saturated carbocycles. The van der Waals surface area contributed by atoms with Gasteiger partial charge in [-0.25, -0.2) is 4.99 Å². The van der Waals surface area contributed by atoms with Crippen LogP contribution in [0.15, 0.2) is 77.4 Å². The molecule has 0 fully saturated rings. The molecular weight excluding hydrogens is 388 g/mol. The summed E-state index contributed by atoms with van der Waals surface area (Å²) in [4.78, 5) is 20.0. The van der Waals surface area contributed by atoms with Gasteiger partial charge in [-0.05, 0) is 61.4 Å². The van der Waals surface area contributed by atoms with Crippen molar-refractivity contribution in [3.8, 4) is 11.5 Å². The molecule has 5 nitrogen and oxygen atoms in total. The second kappa shape index (κ2) is 8.48. The molecule has 0 saturated heterocycles. The summed E-state index contributed by atoms with van der Waals surface area (Å²) in [6.45, 7) is 4.04. The number of para-hydroxylation sites is 1. The average molecular weight is 412 g/mol. The number of methoxy groups -OCH3 is 2. The highest BCUT2D eigenvalue weighted by molar-refractivity contribution is 6.33. The molecule has 0 N–H and O–H groups in total. The summed E-state index contributed by atoms with van der Waals surface area (Å²) in [5.41, 5.74) is 4.89. The van der Waals surface area contributed by atoms with Crippen LogP contribution in [0.5, 0.6) is 11.5 Å². The van der Waals surface area contributed by atoms with Crippen LogP contribution in [0.25, 0.3) is 6.08 Å². The lowest BCUT2D eigenvalue weighted by molar-refractivity contribution is -0.113. The smallest absolute Gasteiger partial charge is 0.282 e. The van der Waals surface area contributed by atoms with Gasteiger partial charge in [0.15, 0.2) is 0 Å². The van der Waals surface area contributed by atoms with Crippen LogP contribution in [0.3, 0.4) is 0 Å². The molecule has 0 radical (unpaired) electrons. The number of aliphatic imine (C=N–C) groups is 1. The fourth-order valence-electron chi connectivity index (χ4n) is 3.72. The third-order valence-corrected chi connectivity index (χ3v) is 5.08. The van der Waals surface area contributed by atoms with Gasteiger partial charge in [-0.1, -0.05) is 36.4 Å². The van der Waals surface area contributed by atoms with Gasteiger partial charge in [0.25, 0.3) is 5.91 Å². The fourth-order valence-corrected chi connectivity index (χ4v) is 3.72. The minimum Gasteiger partial charge on any atom is -0.497 e. The van der Waals surface area contributed by atoms with Crippen molar-refractivity contribution in [3.63, 3.8) is 0 Å². The summed E-state index contributed by atoms with van der Waals surface area (Å²) in [5.74, 6) is 1.77. The summed E-state index contributed by atoms with van der Waals surface area (Å²) in [6.07, 6.45) is 1.77. The van der Waals surface area contributed by atoms with Gasteiger partial charge in [0, 0.05) is 11.1 Å². The third-order valence-electron chi connectivity index (χ3n) is 5.08. The normalized spacial score (nSPS) is 14.7. The van der Waals surface area contributed by atoms with Crippen molar-refractivity contribution in [2.45, 2.75) is 13.8 Å². The third kappa shape index (κ3) is 4.08. The number of hydrogen-bond acceptors (Lipinski definition) is 4. The second-order valence-corrected chi connectivity index (χ2v) is 7.43. The van der Waals surface area contributed by atoms with Crippen LogP contribution in [-0.2, 0) is 4.79 Å². The molecular formula is C26H24N2O3. The van der Waals surface area contributed by atoms with Gasteiger partial charge in [-0.3, -0.25) is 9.69 Å². The first-order valence-corrected chi connectivity index (χ1v) is 10.0. The molecule has 0 spiro atoms. The first-order valence-electron chi connectivity index (χ1n) is 10.0. The highest BCUT2D eigenvalue weighted by atomic mass is 16.5. The van der Waals surface area contributed by atoms with Gasteiger partial charge in [0.2, 0.25) is 0 Å². The summed E-state index contributed by atoms with van der Waals surface area (Å²) >= 11 is 0. The quantitative estimate of drug-likeness (QED) is 0.544. The number of ether oxygens (including phenoxy) is 2. The lowest BCUT2D eigenvalue weighted by Gasteiger charge is -2.20. The van der Waals surface area contributed by atoms with Crippen LogP contribution >= 0.6 is 0 Å². The first kappa shape index (κ1) is 20.4. The highest BCUT2D eigenvalue weighted by Gasteiger charge is 2.33. The number of amides is 1. The maximum Gasteiger partial charge on any atom is 0.282 e. The van der Waals surface area contributed by atoms with E-state index in [4.69, 9.17) is 14.5 Å². The molecule has 156 valence electrons. The first-order chi connectivity index (χ1) is 15.0. The average Bonchev–Trinajstić information content (AvgIpc) is 3.09. The Bertz CT molecular complexity index is 1190. The molecule has 0 aliphatic carbocycles. The standard InChI is InChI=1S/C26H24N2O3/c1-17-12-18(2)14-21(13-17)28-25(20-9-7-10-22(15-20)30-3)27-23(26(28)29)16-19-8-5-6-11-24(19)31-4/h5-16H,1-4H3/b23-16-. The largest absolute Gasteiger partial charge is 0.497 e. The lowest BCUT2D eigenvalue weighted by atomic mass is 10.1. The molecule has 0 atom stereocenters. The predicted molar refractivity (Wildman–Crippen MR) is 124 cm³/mol. The zero-order valence-corrected chi connectivity index (χ0v) is 18.0. The number of carbonyl (C=O) groups is 1. The van der Waals surface area contributed by atoms with E-state index in [0.717, 1.165) is 27.9 Å². The number of benzene rings is 3. The van der Waals surface area contributed by atoms with Crippen molar-refractivity contribution in [1.82, 2.24) is 0 Å². The Labute approximate surface area is 182 Å². The monoisotopic (exact) mass is 412 g/mol. The number of nitrogens with zero attached hydrogens (tertiary/aromatic N) is 2. The maximum atomic E-state index is 13.5. The van der Waals surface area contributed by atoms with E-state index in [0.29, 0.717) is 23.0 Å². The van der Waals surface area contributed by atoms with Gasteiger partial charge in [0.05, 0.1) is 19.9 Å². The molecule has 3 aromatic carbocycles. The van der Waals surface area contributed by atoms with Crippen molar-refractivity contribution in [2.24, 2.45) is 4.99 Å². The zero-order chi connectivity index (χ0) is 22.0. The van der Waals surface area contributed by atoms with Gasteiger partial charge in [-0.2, -0.15) is 0 Å². The number of aryl methyl sites for hydroxylation is 2.